The van der Waals surface area contributed by atoms with Gasteiger partial charge in [-0.2, -0.15) is 0 Å². The summed E-state index contributed by atoms with van der Waals surface area (Å²) in [5.41, 5.74) is 0. The van der Waals surface area contributed by atoms with Crippen molar-refractivity contribution in [3.63, 3.8) is 0 Å². The Morgan fingerprint density at radius 3 is 1.53 bits per heavy atom. The normalized spacial score (nSPS) is 7.87. The topological polar surface area (TPSA) is 104 Å². The van der Waals surface area contributed by atoms with E-state index < -0.39 is 24.1 Å². The van der Waals surface area contributed by atoms with Gasteiger partial charge in [-0.3, -0.25) is 9.59 Å². The molecule has 0 aromatic heterocycles. The van der Waals surface area contributed by atoms with Crippen molar-refractivity contribution in [1.29, 1.82) is 0 Å². The van der Waals surface area contributed by atoms with Gasteiger partial charge in [0, 0.05) is 0 Å². The third kappa shape index (κ3) is 19.8. The summed E-state index contributed by atoms with van der Waals surface area (Å²) in [4.78, 5) is 29.2. The van der Waals surface area contributed by atoms with Crippen LogP contribution in [0.25, 0.3) is 0 Å². The van der Waals surface area contributed by atoms with E-state index in [1.54, 1.807) is 0 Å². The maximum absolute atomic E-state index is 9.97. The molecule has 0 rings (SSSR count). The predicted molar refractivity (Wildman–Crippen MR) is 56.3 cm³/mol. The quantitative estimate of drug-likeness (QED) is 0.320. The van der Waals surface area contributed by atoms with Crippen LogP contribution in [0, 0.1) is 0 Å². The van der Waals surface area contributed by atoms with Gasteiger partial charge in [0.1, 0.15) is 6.42 Å². The van der Waals surface area contributed by atoms with Gasteiger partial charge in [0.05, 0.1) is 0 Å². The number of carbonyl (C=O) groups excluding carboxylic acids is 1. The van der Waals surface area contributed by atoms with Crippen LogP contribution >= 0.6 is 0 Å². The third-order valence-corrected chi connectivity index (χ3v) is 1.05. The van der Waals surface area contributed by atoms with Crippen LogP contribution < -0.4 is 5.32 Å². The number of Topliss-reactive ketones (excluding diaryl/α,β-unsaturated/α-hetero) is 1. The fraction of sp³-hybridized carbons (Fsp3) is 0.625. The predicted octanol–water partition coefficient (Wildman–Crippen LogP) is -0.918. The summed E-state index contributed by atoms with van der Waals surface area (Å²) < 4.78 is 0. The first-order chi connectivity index (χ1) is 6.45. The summed E-state index contributed by atoms with van der Waals surface area (Å²) in [6.07, 6.45) is -0.949. The van der Waals surface area contributed by atoms with Crippen molar-refractivity contribution in [2.45, 2.75) is 20.3 Å². The summed E-state index contributed by atoms with van der Waals surface area (Å²) >= 11 is 0. The zero-order chi connectivity index (χ0) is 11.6. The molecule has 0 aliphatic rings. The molecular weight excluding hydrogens is 213 g/mol. The first kappa shape index (κ1) is 20.0. The second-order valence-corrected chi connectivity index (χ2v) is 2.26. The van der Waals surface area contributed by atoms with Crippen LogP contribution in [0.2, 0.25) is 0 Å². The van der Waals surface area contributed by atoms with Gasteiger partial charge < -0.3 is 15.5 Å². The zero-order valence-electron chi connectivity index (χ0n) is 8.24. The average Bonchev–Trinajstić information content (AvgIpc) is 2.05. The molecule has 0 radical (unpaired) electrons. The molecule has 0 atom stereocenters. The van der Waals surface area contributed by atoms with Crippen molar-refractivity contribution >= 4 is 47.3 Å². The molecule has 15 heavy (non-hydrogen) atoms. The number of hydrogen-bond donors (Lipinski definition) is 3. The van der Waals surface area contributed by atoms with E-state index >= 15 is 0 Å². The van der Waals surface area contributed by atoms with Crippen LogP contribution in [0.4, 0.5) is 0 Å². The van der Waals surface area contributed by atoms with E-state index in [0.717, 1.165) is 13.1 Å². The molecule has 0 bridgehead atoms. The molecule has 0 aliphatic carbocycles. The molecule has 0 unspecified atom stereocenters. The minimum absolute atomic E-state index is 0. The molecule has 0 aliphatic heterocycles. The molecule has 84 valence electrons. The molecule has 0 aromatic rings. The Kier molecular flexibility index (Phi) is 18.1. The molecule has 0 amide bonds. The average molecular weight is 229 g/mol. The fourth-order valence-corrected chi connectivity index (χ4v) is 0.463. The van der Waals surface area contributed by atoms with Crippen molar-refractivity contribution in [3.05, 3.63) is 0 Å². The molecule has 3 N–H and O–H groups in total. The Hall–Kier alpha value is -0.430. The molecule has 7 heteroatoms. The number of aliphatic carboxylic acids is 2. The van der Waals surface area contributed by atoms with Gasteiger partial charge in [-0.05, 0) is 13.1 Å². The maximum atomic E-state index is 9.97. The molecule has 0 spiro atoms. The second-order valence-electron chi connectivity index (χ2n) is 2.26. The van der Waals surface area contributed by atoms with Crippen molar-refractivity contribution in [2.24, 2.45) is 0 Å². The van der Waals surface area contributed by atoms with Crippen molar-refractivity contribution < 1.29 is 24.6 Å². The van der Waals surface area contributed by atoms with Crippen LogP contribution in [0.5, 0.6) is 0 Å². The number of ketones is 1. The molecule has 0 heterocycles. The van der Waals surface area contributed by atoms with Crippen molar-refractivity contribution in [1.82, 2.24) is 5.32 Å². The van der Waals surface area contributed by atoms with Crippen LogP contribution in [0.1, 0.15) is 20.3 Å². The summed E-state index contributed by atoms with van der Waals surface area (Å²) in [5, 5.41) is 18.8. The van der Waals surface area contributed by atoms with Crippen molar-refractivity contribution in [3.8, 4) is 0 Å². The molecule has 0 saturated heterocycles. The van der Waals surface area contributed by atoms with E-state index in [9.17, 15) is 14.4 Å². The van der Waals surface area contributed by atoms with E-state index in [1.807, 2.05) is 0 Å². The van der Waals surface area contributed by atoms with Crippen LogP contribution in [-0.4, -0.2) is 70.6 Å². The van der Waals surface area contributed by atoms with E-state index in [0.29, 0.717) is 0 Å². The third-order valence-electron chi connectivity index (χ3n) is 1.05. The fourth-order valence-electron chi connectivity index (χ4n) is 0.463. The Labute approximate surface area is 110 Å². The Bertz CT molecular complexity index is 205. The first-order valence-electron chi connectivity index (χ1n) is 4.14. The van der Waals surface area contributed by atoms with Crippen molar-refractivity contribution in [2.75, 3.05) is 13.1 Å². The molecule has 0 saturated carbocycles. The van der Waals surface area contributed by atoms with E-state index in [4.69, 9.17) is 10.2 Å². The van der Waals surface area contributed by atoms with Gasteiger partial charge in [-0.15, -0.1) is 0 Å². The van der Waals surface area contributed by atoms with Gasteiger partial charge in [0.2, 0.25) is 0 Å². The van der Waals surface area contributed by atoms with E-state index in [2.05, 4.69) is 19.2 Å². The summed E-state index contributed by atoms with van der Waals surface area (Å²) in [6, 6.07) is 0. The first-order valence-corrected chi connectivity index (χ1v) is 4.14. The Morgan fingerprint density at radius 2 is 1.47 bits per heavy atom. The van der Waals surface area contributed by atoms with Gasteiger partial charge in [0.25, 0.3) is 5.78 Å². The standard InChI is InChI=1S/C4H11N.C4H4O5.Na.H/c1-3-5-4-2;5-2(4(8)9)1-3(6)7;;/h5H,3-4H2,1-2H3;1H2,(H,6,7)(H,8,9);;. The van der Waals surface area contributed by atoms with Gasteiger partial charge in [-0.25, -0.2) is 4.79 Å². The summed E-state index contributed by atoms with van der Waals surface area (Å²) in [5.74, 6) is -4.44. The summed E-state index contributed by atoms with van der Waals surface area (Å²) in [6.45, 7) is 6.39. The Balaban J connectivity index is -0.000000208. The van der Waals surface area contributed by atoms with Crippen LogP contribution in [0.3, 0.4) is 0 Å². The minimum atomic E-state index is -1.71. The molecule has 6 nitrogen and oxygen atoms in total. The van der Waals surface area contributed by atoms with E-state index in [1.165, 1.54) is 0 Å². The van der Waals surface area contributed by atoms with Crippen LogP contribution in [-0.2, 0) is 14.4 Å². The van der Waals surface area contributed by atoms with Gasteiger partial charge in [-0.1, -0.05) is 13.8 Å². The molecule has 0 fully saturated rings. The SMILES string of the molecule is CCNCC.O=C(O)CC(=O)C(=O)O.[NaH]. The Morgan fingerprint density at radius 1 is 1.07 bits per heavy atom. The van der Waals surface area contributed by atoms with Gasteiger partial charge >= 0.3 is 41.5 Å². The second kappa shape index (κ2) is 13.6. The monoisotopic (exact) mass is 229 g/mol. The van der Waals surface area contributed by atoms with Crippen LogP contribution in [0.15, 0.2) is 0 Å². The number of carboxylic acids is 2. The van der Waals surface area contributed by atoms with E-state index in [-0.39, 0.29) is 29.6 Å². The zero-order valence-corrected chi connectivity index (χ0v) is 8.24. The van der Waals surface area contributed by atoms with Gasteiger partial charge in [0.15, 0.2) is 0 Å². The number of nitrogens with one attached hydrogen (secondary N) is 1. The molecular formula is C8H16NNaO5. The molecule has 0 aromatic carbocycles. The number of hydrogen-bond acceptors (Lipinski definition) is 4. The summed E-state index contributed by atoms with van der Waals surface area (Å²) in [7, 11) is 0. The number of rotatable bonds is 5. The number of carboxylic acid groups (broad SMARTS) is 2. The number of carbonyl (C=O) groups is 3.